The van der Waals surface area contributed by atoms with Gasteiger partial charge in [0.25, 0.3) is 5.91 Å². The number of nitrogens with one attached hydrogen (secondary N) is 1. The fourth-order valence-corrected chi connectivity index (χ4v) is 1.80. The van der Waals surface area contributed by atoms with Gasteiger partial charge in [0.2, 0.25) is 5.88 Å². The lowest BCUT2D eigenvalue weighted by Gasteiger charge is -2.06. The summed E-state index contributed by atoms with van der Waals surface area (Å²) in [5.41, 5.74) is 0.774. The number of ether oxygens (including phenoxy) is 1. The fraction of sp³-hybridized carbons (Fsp3) is 0.286. The molecule has 21 heavy (non-hydrogen) atoms. The highest BCUT2D eigenvalue weighted by Gasteiger charge is 2.11. The summed E-state index contributed by atoms with van der Waals surface area (Å²) >= 11 is 11.6. The lowest BCUT2D eigenvalue weighted by molar-refractivity contribution is -0.118. The molecule has 0 atom stereocenters. The minimum absolute atomic E-state index is 0.171. The van der Waals surface area contributed by atoms with Gasteiger partial charge in [-0.1, -0.05) is 42.2 Å². The molecule has 0 spiro atoms. The number of amides is 1. The fourth-order valence-electron chi connectivity index (χ4n) is 1.51. The molecule has 1 aromatic carbocycles. The molecule has 0 fully saturated rings. The van der Waals surface area contributed by atoms with E-state index in [0.29, 0.717) is 21.7 Å². The van der Waals surface area contributed by atoms with Gasteiger partial charge in [-0.05, 0) is 18.1 Å². The van der Waals surface area contributed by atoms with Crippen molar-refractivity contribution in [3.05, 3.63) is 40.0 Å². The summed E-state index contributed by atoms with van der Waals surface area (Å²) in [4.78, 5) is 11.7. The van der Waals surface area contributed by atoms with Crippen LogP contribution < -0.4 is 10.1 Å². The molecule has 1 amide bonds. The topological polar surface area (TPSA) is 64.4 Å². The molecular weight excluding hydrogens is 315 g/mol. The van der Waals surface area contributed by atoms with Crippen LogP contribution in [0.2, 0.25) is 10.0 Å². The first-order chi connectivity index (χ1) is 9.95. The van der Waals surface area contributed by atoms with E-state index in [9.17, 15) is 4.79 Å². The predicted octanol–water partition coefficient (Wildman–Crippen LogP) is 4.12. The summed E-state index contributed by atoms with van der Waals surface area (Å²) in [6.07, 6.45) is 0. The molecule has 0 radical (unpaired) electrons. The number of rotatable bonds is 5. The van der Waals surface area contributed by atoms with Crippen LogP contribution in [0.25, 0.3) is 0 Å². The third-order valence-corrected chi connectivity index (χ3v) is 3.38. The Bertz CT molecular complexity index is 641. The van der Waals surface area contributed by atoms with E-state index in [1.807, 2.05) is 13.8 Å². The van der Waals surface area contributed by atoms with Crippen LogP contribution in [0.5, 0.6) is 5.75 Å². The van der Waals surface area contributed by atoms with E-state index in [-0.39, 0.29) is 18.4 Å². The van der Waals surface area contributed by atoms with Crippen molar-refractivity contribution < 1.29 is 14.1 Å². The summed E-state index contributed by atoms with van der Waals surface area (Å²) in [5.74, 6) is 0.626. The van der Waals surface area contributed by atoms with Crippen LogP contribution in [0, 0.1) is 0 Å². The first-order valence-corrected chi connectivity index (χ1v) is 7.05. The van der Waals surface area contributed by atoms with Crippen LogP contribution in [0.1, 0.15) is 25.5 Å². The van der Waals surface area contributed by atoms with Gasteiger partial charge in [-0.2, -0.15) is 0 Å². The third-order valence-electron chi connectivity index (χ3n) is 2.64. The molecule has 1 N–H and O–H groups in total. The molecule has 0 saturated heterocycles. The Kier molecular flexibility index (Phi) is 5.09. The standard InChI is InChI=1S/C14H14Cl2N2O3/c1-8(2)12-6-14(21-18-12)17-13(19)7-20-9-3-4-10(15)11(16)5-9/h3-6,8H,7H2,1-2H3,(H,17,19). The van der Waals surface area contributed by atoms with Crippen molar-refractivity contribution in [2.24, 2.45) is 0 Å². The van der Waals surface area contributed by atoms with E-state index >= 15 is 0 Å². The Labute approximate surface area is 132 Å². The average molecular weight is 329 g/mol. The van der Waals surface area contributed by atoms with Crippen molar-refractivity contribution in [1.82, 2.24) is 5.16 Å². The molecule has 0 bridgehead atoms. The molecule has 2 rings (SSSR count). The number of carbonyl (C=O) groups excluding carboxylic acids is 1. The molecule has 7 heteroatoms. The van der Waals surface area contributed by atoms with Gasteiger partial charge in [0.15, 0.2) is 6.61 Å². The largest absolute Gasteiger partial charge is 0.484 e. The zero-order chi connectivity index (χ0) is 15.4. The molecule has 0 aliphatic rings. The summed E-state index contributed by atoms with van der Waals surface area (Å²) < 4.78 is 10.3. The van der Waals surface area contributed by atoms with Gasteiger partial charge in [-0.25, -0.2) is 0 Å². The number of hydrogen-bond donors (Lipinski definition) is 1. The zero-order valence-corrected chi connectivity index (χ0v) is 13.0. The molecule has 112 valence electrons. The number of benzene rings is 1. The van der Waals surface area contributed by atoms with Crippen LogP contribution in [-0.2, 0) is 4.79 Å². The molecular formula is C14H14Cl2N2O3. The van der Waals surface area contributed by atoms with Crippen LogP contribution in [0.4, 0.5) is 5.88 Å². The Morgan fingerprint density at radius 2 is 2.10 bits per heavy atom. The number of nitrogens with zero attached hydrogens (tertiary/aromatic N) is 1. The third kappa shape index (κ3) is 4.37. The van der Waals surface area contributed by atoms with Crippen molar-refractivity contribution in [2.45, 2.75) is 19.8 Å². The number of aromatic nitrogens is 1. The van der Waals surface area contributed by atoms with Gasteiger partial charge in [0.1, 0.15) is 5.75 Å². The monoisotopic (exact) mass is 328 g/mol. The minimum Gasteiger partial charge on any atom is -0.484 e. The predicted molar refractivity (Wildman–Crippen MR) is 81.2 cm³/mol. The molecule has 5 nitrogen and oxygen atoms in total. The normalized spacial score (nSPS) is 10.7. The van der Waals surface area contributed by atoms with Crippen molar-refractivity contribution in [3.63, 3.8) is 0 Å². The van der Waals surface area contributed by atoms with E-state index in [1.54, 1.807) is 24.3 Å². The van der Waals surface area contributed by atoms with E-state index in [0.717, 1.165) is 5.69 Å². The smallest absolute Gasteiger partial charge is 0.264 e. The highest BCUT2D eigenvalue weighted by Crippen LogP contribution is 2.26. The molecule has 0 saturated carbocycles. The maximum absolute atomic E-state index is 11.7. The Balaban J connectivity index is 1.88. The van der Waals surface area contributed by atoms with Crippen LogP contribution in [0.15, 0.2) is 28.8 Å². The maximum Gasteiger partial charge on any atom is 0.264 e. The van der Waals surface area contributed by atoms with Gasteiger partial charge < -0.3 is 9.26 Å². The van der Waals surface area contributed by atoms with E-state index in [1.165, 1.54) is 0 Å². The van der Waals surface area contributed by atoms with Crippen molar-refractivity contribution in [1.29, 1.82) is 0 Å². The van der Waals surface area contributed by atoms with Crippen LogP contribution in [0.3, 0.4) is 0 Å². The molecule has 0 aliphatic heterocycles. The number of hydrogen-bond acceptors (Lipinski definition) is 4. The molecule has 0 unspecified atom stereocenters. The summed E-state index contributed by atoms with van der Waals surface area (Å²) in [6, 6.07) is 6.46. The van der Waals surface area contributed by atoms with Crippen molar-refractivity contribution in [2.75, 3.05) is 11.9 Å². The summed E-state index contributed by atoms with van der Waals surface area (Å²) in [6.45, 7) is 3.79. The van der Waals surface area contributed by atoms with E-state index in [2.05, 4.69) is 10.5 Å². The number of anilines is 1. The molecule has 1 heterocycles. The van der Waals surface area contributed by atoms with Gasteiger partial charge >= 0.3 is 0 Å². The first kappa shape index (κ1) is 15.7. The van der Waals surface area contributed by atoms with E-state index < -0.39 is 0 Å². The second-order valence-corrected chi connectivity index (χ2v) is 5.50. The van der Waals surface area contributed by atoms with Gasteiger partial charge in [-0.15, -0.1) is 0 Å². The lowest BCUT2D eigenvalue weighted by Crippen LogP contribution is -2.19. The van der Waals surface area contributed by atoms with Gasteiger partial charge in [0.05, 0.1) is 15.7 Å². The maximum atomic E-state index is 11.7. The minimum atomic E-state index is -0.354. The Morgan fingerprint density at radius 1 is 1.33 bits per heavy atom. The second kappa shape index (κ2) is 6.83. The summed E-state index contributed by atoms with van der Waals surface area (Å²) in [5, 5.41) is 7.20. The zero-order valence-electron chi connectivity index (χ0n) is 11.5. The van der Waals surface area contributed by atoms with E-state index in [4.69, 9.17) is 32.5 Å². The second-order valence-electron chi connectivity index (χ2n) is 4.68. The SMILES string of the molecule is CC(C)c1cc(NC(=O)COc2ccc(Cl)c(Cl)c2)on1. The summed E-state index contributed by atoms with van der Waals surface area (Å²) in [7, 11) is 0. The number of carbonyl (C=O) groups is 1. The quantitative estimate of drug-likeness (QED) is 0.896. The van der Waals surface area contributed by atoms with Crippen molar-refractivity contribution >= 4 is 35.0 Å². The van der Waals surface area contributed by atoms with Gasteiger partial charge in [0, 0.05) is 12.1 Å². The highest BCUT2D eigenvalue weighted by atomic mass is 35.5. The van der Waals surface area contributed by atoms with Crippen molar-refractivity contribution in [3.8, 4) is 5.75 Å². The number of halogens is 2. The van der Waals surface area contributed by atoms with Crippen LogP contribution >= 0.6 is 23.2 Å². The first-order valence-electron chi connectivity index (χ1n) is 6.30. The molecule has 1 aromatic heterocycles. The molecule has 2 aromatic rings. The highest BCUT2D eigenvalue weighted by molar-refractivity contribution is 6.42. The Hall–Kier alpha value is -1.72. The van der Waals surface area contributed by atoms with Crippen LogP contribution in [-0.4, -0.2) is 17.7 Å². The Morgan fingerprint density at radius 3 is 2.71 bits per heavy atom. The lowest BCUT2D eigenvalue weighted by atomic mass is 10.1. The molecule has 0 aliphatic carbocycles. The van der Waals surface area contributed by atoms with Gasteiger partial charge in [-0.3, -0.25) is 10.1 Å². The average Bonchev–Trinajstić information content (AvgIpc) is 2.89.